The molecule has 140 valence electrons. The number of Topliss-reactive ketones (excluding diaryl/α,β-unsaturated/α-hetero) is 1. The van der Waals surface area contributed by atoms with E-state index in [1.807, 2.05) is 55.5 Å². The summed E-state index contributed by atoms with van der Waals surface area (Å²) in [5.41, 5.74) is 3.02. The van der Waals surface area contributed by atoms with Crippen molar-refractivity contribution in [2.24, 2.45) is 4.99 Å². The predicted molar refractivity (Wildman–Crippen MR) is 114 cm³/mol. The van der Waals surface area contributed by atoms with Crippen LogP contribution < -0.4 is 0 Å². The van der Waals surface area contributed by atoms with Gasteiger partial charge in [-0.2, -0.15) is 0 Å². The number of fused-ring (bicyclic) bond motifs is 1. The lowest BCUT2D eigenvalue weighted by Gasteiger charge is -2.25. The highest BCUT2D eigenvalue weighted by Crippen LogP contribution is 2.35. The molecule has 0 saturated heterocycles. The molecule has 1 aliphatic carbocycles. The summed E-state index contributed by atoms with van der Waals surface area (Å²) < 4.78 is 0. The Bertz CT molecular complexity index is 1080. The van der Waals surface area contributed by atoms with Gasteiger partial charge in [0, 0.05) is 12.8 Å². The molecule has 0 unspecified atom stereocenters. The Hall–Kier alpha value is -3.20. The van der Waals surface area contributed by atoms with Gasteiger partial charge in [0.2, 0.25) is 0 Å². The van der Waals surface area contributed by atoms with E-state index in [-0.39, 0.29) is 17.5 Å². The number of carbonyl (C=O) groups is 1. The fourth-order valence-corrected chi connectivity index (χ4v) is 3.86. The Morgan fingerprint density at radius 2 is 1.68 bits per heavy atom. The monoisotopic (exact) mass is 369 g/mol. The van der Waals surface area contributed by atoms with Gasteiger partial charge in [0.1, 0.15) is 5.76 Å². The quantitative estimate of drug-likeness (QED) is 0.436. The molecule has 0 bridgehead atoms. The number of nitrogens with zero attached hydrogens (tertiary/aromatic N) is 1. The lowest BCUT2D eigenvalue weighted by atomic mass is 9.79. The van der Waals surface area contributed by atoms with E-state index in [4.69, 9.17) is 4.99 Å². The molecular weight excluding hydrogens is 346 g/mol. The maximum atomic E-state index is 12.9. The molecule has 3 aromatic carbocycles. The first-order valence-electron chi connectivity index (χ1n) is 9.72. The van der Waals surface area contributed by atoms with E-state index in [1.54, 1.807) is 0 Å². The average molecular weight is 369 g/mol. The third kappa shape index (κ3) is 3.61. The number of hydrogen-bond donors (Lipinski definition) is 1. The zero-order chi connectivity index (χ0) is 19.5. The van der Waals surface area contributed by atoms with E-state index >= 15 is 0 Å². The van der Waals surface area contributed by atoms with Gasteiger partial charge in [0.25, 0.3) is 0 Å². The van der Waals surface area contributed by atoms with Crippen molar-refractivity contribution >= 4 is 28.0 Å². The molecule has 0 heterocycles. The van der Waals surface area contributed by atoms with Gasteiger partial charge in [-0.1, -0.05) is 67.6 Å². The topological polar surface area (TPSA) is 49.7 Å². The van der Waals surface area contributed by atoms with Crippen LogP contribution in [0.2, 0.25) is 0 Å². The lowest BCUT2D eigenvalue weighted by Crippen LogP contribution is -2.26. The van der Waals surface area contributed by atoms with Gasteiger partial charge in [-0.3, -0.25) is 9.79 Å². The molecule has 1 atom stereocenters. The highest BCUT2D eigenvalue weighted by molar-refractivity contribution is 6.25. The number of rotatable bonds is 3. The van der Waals surface area contributed by atoms with Crippen LogP contribution in [0.25, 0.3) is 10.8 Å². The number of aliphatic imine (C=N–C) groups is 1. The molecule has 1 N–H and O–H groups in total. The molecule has 1 aliphatic rings. The Labute approximate surface area is 165 Å². The maximum absolute atomic E-state index is 12.9. The number of allylic oxidation sites excluding steroid dienone is 2. The summed E-state index contributed by atoms with van der Waals surface area (Å²) in [7, 11) is 0. The number of carbonyl (C=O) groups excluding carboxylic acids is 1. The van der Waals surface area contributed by atoms with Crippen molar-refractivity contribution in [3.63, 3.8) is 0 Å². The molecule has 0 amide bonds. The van der Waals surface area contributed by atoms with Gasteiger partial charge in [0.05, 0.1) is 17.0 Å². The third-order valence-electron chi connectivity index (χ3n) is 5.33. The fraction of sp³-hybridized carbons (Fsp3) is 0.200. The van der Waals surface area contributed by atoms with Gasteiger partial charge >= 0.3 is 0 Å². The molecular formula is C25H23NO2. The summed E-state index contributed by atoms with van der Waals surface area (Å²) in [4.78, 5) is 17.7. The SMILES string of the molecule is CCC(O)=C1C(=O)C[C@@H](c2ccccc2)CC1=Nc1ccc2ccccc2c1. The van der Waals surface area contributed by atoms with Crippen LogP contribution in [-0.4, -0.2) is 16.6 Å². The summed E-state index contributed by atoms with van der Waals surface area (Å²) in [5.74, 6) is 0.191. The van der Waals surface area contributed by atoms with E-state index in [1.165, 1.54) is 0 Å². The summed E-state index contributed by atoms with van der Waals surface area (Å²) in [5, 5.41) is 12.7. The maximum Gasteiger partial charge on any atom is 0.168 e. The minimum Gasteiger partial charge on any atom is -0.512 e. The van der Waals surface area contributed by atoms with Crippen LogP contribution in [0.4, 0.5) is 5.69 Å². The van der Waals surface area contributed by atoms with Crippen LogP contribution in [0.1, 0.15) is 37.7 Å². The van der Waals surface area contributed by atoms with Crippen molar-refractivity contribution in [2.45, 2.75) is 32.1 Å². The summed E-state index contributed by atoms with van der Waals surface area (Å²) >= 11 is 0. The van der Waals surface area contributed by atoms with E-state index in [9.17, 15) is 9.90 Å². The van der Waals surface area contributed by atoms with Crippen molar-refractivity contribution < 1.29 is 9.90 Å². The van der Waals surface area contributed by atoms with E-state index in [2.05, 4.69) is 24.3 Å². The molecule has 0 aromatic heterocycles. The molecule has 1 fully saturated rings. The number of aliphatic hydroxyl groups excluding tert-OH is 1. The number of ketones is 1. The van der Waals surface area contributed by atoms with Gasteiger partial charge < -0.3 is 5.11 Å². The standard InChI is InChI=1S/C25H23NO2/c1-2-23(27)25-22(15-20(16-24(25)28)17-8-4-3-5-9-17)26-21-13-12-18-10-6-7-11-19(18)14-21/h3-14,20,27H,2,15-16H2,1H3/t20-/m0/s1. The number of benzene rings is 3. The van der Waals surface area contributed by atoms with Crippen LogP contribution in [0.3, 0.4) is 0 Å². The molecule has 3 heteroatoms. The molecule has 0 aliphatic heterocycles. The third-order valence-corrected chi connectivity index (χ3v) is 5.33. The minimum absolute atomic E-state index is 0.0287. The van der Waals surface area contributed by atoms with E-state index in [0.717, 1.165) is 22.0 Å². The van der Waals surface area contributed by atoms with Crippen molar-refractivity contribution in [1.29, 1.82) is 0 Å². The molecule has 4 rings (SSSR count). The molecule has 0 spiro atoms. The highest BCUT2D eigenvalue weighted by atomic mass is 16.3. The summed E-state index contributed by atoms with van der Waals surface area (Å²) in [6.07, 6.45) is 1.47. The van der Waals surface area contributed by atoms with Crippen LogP contribution in [0.5, 0.6) is 0 Å². The normalized spacial score (nSPS) is 20.5. The van der Waals surface area contributed by atoms with Crippen LogP contribution >= 0.6 is 0 Å². The van der Waals surface area contributed by atoms with Crippen LogP contribution in [0.15, 0.2) is 89.1 Å². The summed E-state index contributed by atoms with van der Waals surface area (Å²) in [6, 6.07) is 24.2. The molecule has 0 radical (unpaired) electrons. The van der Waals surface area contributed by atoms with E-state index in [0.29, 0.717) is 30.5 Å². The summed E-state index contributed by atoms with van der Waals surface area (Å²) in [6.45, 7) is 1.85. The number of hydrogen-bond acceptors (Lipinski definition) is 3. The highest BCUT2D eigenvalue weighted by Gasteiger charge is 2.32. The molecule has 3 aromatic rings. The Morgan fingerprint density at radius 3 is 2.43 bits per heavy atom. The second-order valence-corrected chi connectivity index (χ2v) is 7.20. The lowest BCUT2D eigenvalue weighted by molar-refractivity contribution is -0.115. The van der Waals surface area contributed by atoms with Gasteiger partial charge in [0.15, 0.2) is 5.78 Å². The molecule has 1 saturated carbocycles. The Kier molecular flexibility index (Phi) is 5.07. The largest absolute Gasteiger partial charge is 0.512 e. The van der Waals surface area contributed by atoms with Gasteiger partial charge in [-0.25, -0.2) is 0 Å². The fourth-order valence-electron chi connectivity index (χ4n) is 3.86. The average Bonchev–Trinajstić information content (AvgIpc) is 2.73. The first kappa shape index (κ1) is 18.2. The van der Waals surface area contributed by atoms with Crippen LogP contribution in [-0.2, 0) is 4.79 Å². The van der Waals surface area contributed by atoms with Gasteiger partial charge in [-0.05, 0) is 40.8 Å². The Morgan fingerprint density at radius 1 is 0.964 bits per heavy atom. The van der Waals surface area contributed by atoms with Crippen molar-refractivity contribution in [1.82, 2.24) is 0 Å². The smallest absolute Gasteiger partial charge is 0.168 e. The van der Waals surface area contributed by atoms with Crippen molar-refractivity contribution in [2.75, 3.05) is 0 Å². The minimum atomic E-state index is -0.0287. The van der Waals surface area contributed by atoms with Gasteiger partial charge in [-0.15, -0.1) is 0 Å². The van der Waals surface area contributed by atoms with E-state index < -0.39 is 0 Å². The van der Waals surface area contributed by atoms with Crippen molar-refractivity contribution in [3.8, 4) is 0 Å². The number of aliphatic hydroxyl groups is 1. The Balaban J connectivity index is 1.78. The zero-order valence-electron chi connectivity index (χ0n) is 15.9. The van der Waals surface area contributed by atoms with Crippen molar-refractivity contribution in [3.05, 3.63) is 89.7 Å². The first-order valence-corrected chi connectivity index (χ1v) is 9.72. The second-order valence-electron chi connectivity index (χ2n) is 7.20. The first-order chi connectivity index (χ1) is 13.7. The predicted octanol–water partition coefficient (Wildman–Crippen LogP) is 6.28. The second kappa shape index (κ2) is 7.81. The van der Waals surface area contributed by atoms with Crippen LogP contribution in [0, 0.1) is 0 Å². The zero-order valence-corrected chi connectivity index (χ0v) is 15.9. The molecule has 28 heavy (non-hydrogen) atoms. The molecule has 3 nitrogen and oxygen atoms in total.